The highest BCUT2D eigenvalue weighted by atomic mass is 16.2. The van der Waals surface area contributed by atoms with Crippen molar-refractivity contribution < 1.29 is 4.79 Å². The summed E-state index contributed by atoms with van der Waals surface area (Å²) in [4.78, 5) is 19.4. The van der Waals surface area contributed by atoms with Crippen molar-refractivity contribution in [1.29, 1.82) is 0 Å². The van der Waals surface area contributed by atoms with E-state index in [0.29, 0.717) is 12.5 Å². The number of rotatable bonds is 4. The molecule has 2 heterocycles. The van der Waals surface area contributed by atoms with Crippen LogP contribution in [0.1, 0.15) is 17.0 Å². The second-order valence-corrected chi connectivity index (χ2v) is 8.08. The number of carbonyl (C=O) groups excluding carboxylic acids is 1. The van der Waals surface area contributed by atoms with Gasteiger partial charge in [0.05, 0.1) is 6.54 Å². The van der Waals surface area contributed by atoms with E-state index in [0.717, 1.165) is 39.3 Å². The van der Waals surface area contributed by atoms with Crippen LogP contribution in [-0.2, 0) is 4.79 Å². The van der Waals surface area contributed by atoms with Gasteiger partial charge in [-0.2, -0.15) is 0 Å². The first kappa shape index (κ1) is 19.0. The quantitative estimate of drug-likeness (QED) is 0.885. The van der Waals surface area contributed by atoms with Crippen LogP contribution < -0.4 is 10.6 Å². The molecule has 2 atom stereocenters. The van der Waals surface area contributed by atoms with Gasteiger partial charge in [-0.3, -0.25) is 9.69 Å². The van der Waals surface area contributed by atoms with E-state index < -0.39 is 0 Å². The Morgan fingerprint density at radius 1 is 1.00 bits per heavy atom. The zero-order chi connectivity index (χ0) is 19.5. The fourth-order valence-corrected chi connectivity index (χ4v) is 4.43. The molecule has 28 heavy (non-hydrogen) atoms. The molecule has 4 rings (SSSR count). The second kappa shape index (κ2) is 8.33. The van der Waals surface area contributed by atoms with Crippen molar-refractivity contribution in [2.45, 2.75) is 18.9 Å². The summed E-state index contributed by atoms with van der Waals surface area (Å²) >= 11 is 0. The standard InChI is InChI=1S/C23H30N4O/c1-18-6-5-9-20(14-18)26-10-12-27(13-11-26)23(28)17-25-15-21(22(24)16-25)19-7-3-2-4-8-19/h2-9,14,21-22H,10-13,15-17,24H2,1H3/t21-,22+/m0/s1. The molecule has 0 radical (unpaired) electrons. The molecule has 2 aromatic rings. The highest BCUT2D eigenvalue weighted by Gasteiger charge is 2.33. The lowest BCUT2D eigenvalue weighted by Gasteiger charge is -2.37. The Morgan fingerprint density at radius 3 is 2.46 bits per heavy atom. The summed E-state index contributed by atoms with van der Waals surface area (Å²) in [5.74, 6) is 0.539. The molecule has 148 valence electrons. The van der Waals surface area contributed by atoms with Crippen LogP contribution in [0.3, 0.4) is 0 Å². The lowest BCUT2D eigenvalue weighted by molar-refractivity contribution is -0.132. The summed E-state index contributed by atoms with van der Waals surface area (Å²) in [7, 11) is 0. The number of piperazine rings is 1. The van der Waals surface area contributed by atoms with Crippen molar-refractivity contribution in [3.05, 3.63) is 65.7 Å². The van der Waals surface area contributed by atoms with Crippen molar-refractivity contribution in [3.8, 4) is 0 Å². The number of aryl methyl sites for hydroxylation is 1. The van der Waals surface area contributed by atoms with Gasteiger partial charge in [0.2, 0.25) is 5.91 Å². The van der Waals surface area contributed by atoms with Crippen molar-refractivity contribution in [2.24, 2.45) is 5.73 Å². The summed E-state index contributed by atoms with van der Waals surface area (Å²) in [6.45, 7) is 7.59. The van der Waals surface area contributed by atoms with Crippen molar-refractivity contribution in [2.75, 3.05) is 50.7 Å². The number of nitrogens with two attached hydrogens (primary N) is 1. The van der Waals surface area contributed by atoms with Gasteiger partial charge in [-0.25, -0.2) is 0 Å². The maximum absolute atomic E-state index is 12.8. The maximum Gasteiger partial charge on any atom is 0.236 e. The molecule has 2 aromatic carbocycles. The molecule has 2 aliphatic heterocycles. The second-order valence-electron chi connectivity index (χ2n) is 8.08. The highest BCUT2D eigenvalue weighted by Crippen LogP contribution is 2.26. The lowest BCUT2D eigenvalue weighted by Crippen LogP contribution is -2.51. The average Bonchev–Trinajstić information content (AvgIpc) is 3.09. The summed E-state index contributed by atoms with van der Waals surface area (Å²) in [5.41, 5.74) is 10.2. The monoisotopic (exact) mass is 378 g/mol. The smallest absolute Gasteiger partial charge is 0.236 e. The Labute approximate surface area is 167 Å². The molecule has 0 bridgehead atoms. The number of hydrogen-bond acceptors (Lipinski definition) is 4. The Balaban J connectivity index is 1.29. The molecule has 1 amide bonds. The number of hydrogen-bond donors (Lipinski definition) is 1. The van der Waals surface area contributed by atoms with E-state index in [1.165, 1.54) is 16.8 Å². The molecule has 2 aliphatic rings. The predicted molar refractivity (Wildman–Crippen MR) is 114 cm³/mol. The van der Waals surface area contributed by atoms with E-state index in [1.54, 1.807) is 0 Å². The molecule has 2 fully saturated rings. The number of carbonyl (C=O) groups is 1. The first-order valence-electron chi connectivity index (χ1n) is 10.2. The average molecular weight is 379 g/mol. The molecule has 2 saturated heterocycles. The van der Waals surface area contributed by atoms with Gasteiger partial charge in [0.1, 0.15) is 0 Å². The Kier molecular flexibility index (Phi) is 5.64. The van der Waals surface area contributed by atoms with Gasteiger partial charge in [-0.15, -0.1) is 0 Å². The summed E-state index contributed by atoms with van der Waals surface area (Å²) in [6, 6.07) is 19.1. The van der Waals surface area contributed by atoms with E-state index in [2.05, 4.69) is 65.3 Å². The van der Waals surface area contributed by atoms with Gasteiger partial charge in [0, 0.05) is 56.9 Å². The van der Waals surface area contributed by atoms with Crippen LogP contribution in [0, 0.1) is 6.92 Å². The molecule has 0 aliphatic carbocycles. The number of anilines is 1. The number of benzene rings is 2. The molecular formula is C23H30N4O. The van der Waals surface area contributed by atoms with Crippen LogP contribution in [0.15, 0.2) is 54.6 Å². The third kappa shape index (κ3) is 4.21. The molecular weight excluding hydrogens is 348 g/mol. The largest absolute Gasteiger partial charge is 0.368 e. The van der Waals surface area contributed by atoms with E-state index >= 15 is 0 Å². The van der Waals surface area contributed by atoms with Crippen molar-refractivity contribution >= 4 is 11.6 Å². The third-order valence-electron chi connectivity index (χ3n) is 6.03. The summed E-state index contributed by atoms with van der Waals surface area (Å²) in [5, 5.41) is 0. The van der Waals surface area contributed by atoms with Gasteiger partial charge < -0.3 is 15.5 Å². The van der Waals surface area contributed by atoms with Crippen LogP contribution in [-0.4, -0.2) is 67.6 Å². The summed E-state index contributed by atoms with van der Waals surface area (Å²) < 4.78 is 0. The minimum Gasteiger partial charge on any atom is -0.368 e. The first-order chi connectivity index (χ1) is 13.6. The highest BCUT2D eigenvalue weighted by molar-refractivity contribution is 5.78. The molecule has 2 N–H and O–H groups in total. The molecule has 0 aromatic heterocycles. The topological polar surface area (TPSA) is 52.8 Å². The molecule has 0 saturated carbocycles. The van der Waals surface area contributed by atoms with Gasteiger partial charge in [-0.1, -0.05) is 42.5 Å². The predicted octanol–water partition coefficient (Wildman–Crippen LogP) is 2.07. The van der Waals surface area contributed by atoms with Crippen molar-refractivity contribution in [1.82, 2.24) is 9.80 Å². The van der Waals surface area contributed by atoms with Crippen LogP contribution in [0.2, 0.25) is 0 Å². The molecule has 0 spiro atoms. The lowest BCUT2D eigenvalue weighted by atomic mass is 9.95. The zero-order valence-corrected chi connectivity index (χ0v) is 16.6. The fraction of sp³-hybridized carbons (Fsp3) is 0.435. The van der Waals surface area contributed by atoms with Crippen molar-refractivity contribution in [3.63, 3.8) is 0 Å². The molecule has 0 unspecified atom stereocenters. The van der Waals surface area contributed by atoms with Gasteiger partial charge in [-0.05, 0) is 30.2 Å². The summed E-state index contributed by atoms with van der Waals surface area (Å²) in [6.07, 6.45) is 0. The van der Waals surface area contributed by atoms with Crippen LogP contribution >= 0.6 is 0 Å². The number of nitrogens with zero attached hydrogens (tertiary/aromatic N) is 3. The van der Waals surface area contributed by atoms with Gasteiger partial charge >= 0.3 is 0 Å². The first-order valence-corrected chi connectivity index (χ1v) is 10.2. The van der Waals surface area contributed by atoms with E-state index in [4.69, 9.17) is 5.73 Å². The van der Waals surface area contributed by atoms with E-state index in [-0.39, 0.29) is 11.9 Å². The van der Waals surface area contributed by atoms with Crippen LogP contribution in [0.4, 0.5) is 5.69 Å². The van der Waals surface area contributed by atoms with Crippen LogP contribution in [0.5, 0.6) is 0 Å². The maximum atomic E-state index is 12.8. The molecule has 5 heteroatoms. The number of likely N-dealkylation sites (tertiary alicyclic amines) is 1. The SMILES string of the molecule is Cc1cccc(N2CCN(C(=O)CN3C[C@@H](N)[C@H](c4ccccc4)C3)CC2)c1. The van der Waals surface area contributed by atoms with Gasteiger partial charge in [0.15, 0.2) is 0 Å². The Morgan fingerprint density at radius 2 is 1.75 bits per heavy atom. The van der Waals surface area contributed by atoms with E-state index in [1.807, 2.05) is 11.0 Å². The normalized spacial score (nSPS) is 23.2. The fourth-order valence-electron chi connectivity index (χ4n) is 4.43. The van der Waals surface area contributed by atoms with Crippen LogP contribution in [0.25, 0.3) is 0 Å². The van der Waals surface area contributed by atoms with E-state index in [9.17, 15) is 4.79 Å². The third-order valence-corrected chi connectivity index (χ3v) is 6.03. The minimum absolute atomic E-state index is 0.0911. The minimum atomic E-state index is 0.0911. The Hall–Kier alpha value is -2.37. The van der Waals surface area contributed by atoms with Gasteiger partial charge in [0.25, 0.3) is 0 Å². The Bertz CT molecular complexity index is 801. The number of amides is 1. The molecule has 5 nitrogen and oxygen atoms in total. The zero-order valence-electron chi connectivity index (χ0n) is 16.6.